The zero-order valence-corrected chi connectivity index (χ0v) is 9.77. The van der Waals surface area contributed by atoms with E-state index in [4.69, 9.17) is 0 Å². The summed E-state index contributed by atoms with van der Waals surface area (Å²) in [5.74, 6) is 0.0853. The molecule has 7 heteroatoms. The zero-order chi connectivity index (χ0) is 10.8. The molecule has 0 saturated carbocycles. The van der Waals surface area contributed by atoms with E-state index in [9.17, 15) is 16.8 Å². The third kappa shape index (κ3) is 2.93. The number of nitrogens with zero attached hydrogens (tertiary/aromatic N) is 1. The quantitative estimate of drug-likeness (QED) is 0.651. The molecular weight excluding hydrogens is 226 g/mol. The first kappa shape index (κ1) is 11.9. The predicted octanol–water partition coefficient (Wildman–Crippen LogP) is -0.543. The Kier molecular flexibility index (Phi) is 3.54. The fraction of sp³-hybridized carbons (Fsp3) is 1.00. The summed E-state index contributed by atoms with van der Waals surface area (Å²) in [6.07, 6.45) is 0.404. The van der Waals surface area contributed by atoms with Crippen LogP contribution in [-0.2, 0) is 19.9 Å². The Labute approximate surface area is 85.1 Å². The summed E-state index contributed by atoms with van der Waals surface area (Å²) >= 11 is 0. The van der Waals surface area contributed by atoms with E-state index in [0.29, 0.717) is 13.0 Å². The molecule has 14 heavy (non-hydrogen) atoms. The number of sulfonamides is 1. The van der Waals surface area contributed by atoms with E-state index < -0.39 is 19.9 Å². The van der Waals surface area contributed by atoms with Gasteiger partial charge in [-0.25, -0.2) is 21.1 Å². The molecule has 0 aromatic carbocycles. The molecule has 1 aliphatic rings. The number of sulfone groups is 1. The third-order valence-electron chi connectivity index (χ3n) is 2.27. The minimum atomic E-state index is -3.23. The van der Waals surface area contributed by atoms with Crippen LogP contribution in [0, 0.1) is 0 Å². The average Bonchev–Trinajstić information content (AvgIpc) is 2.26. The maximum Gasteiger partial charge on any atom is 0.213 e. The molecule has 1 rings (SSSR count). The first-order valence-corrected chi connectivity index (χ1v) is 7.99. The third-order valence-corrected chi connectivity index (χ3v) is 5.87. The van der Waals surface area contributed by atoms with E-state index in [-0.39, 0.29) is 23.8 Å². The maximum absolute atomic E-state index is 11.4. The van der Waals surface area contributed by atoms with Crippen LogP contribution in [0.15, 0.2) is 0 Å². The van der Waals surface area contributed by atoms with E-state index >= 15 is 0 Å². The highest BCUT2D eigenvalue weighted by molar-refractivity contribution is 7.91. The van der Waals surface area contributed by atoms with Crippen LogP contribution >= 0.6 is 0 Å². The molecular formula is C7H15NO4S2. The van der Waals surface area contributed by atoms with Crippen molar-refractivity contribution in [2.45, 2.75) is 13.3 Å². The van der Waals surface area contributed by atoms with Crippen LogP contribution in [-0.4, -0.2) is 51.5 Å². The van der Waals surface area contributed by atoms with Gasteiger partial charge in [0.05, 0.1) is 17.3 Å². The second-order valence-corrected chi connectivity index (χ2v) is 7.87. The van der Waals surface area contributed by atoms with Gasteiger partial charge in [0.2, 0.25) is 10.0 Å². The molecule has 5 nitrogen and oxygen atoms in total. The molecule has 0 N–H and O–H groups in total. The van der Waals surface area contributed by atoms with Crippen molar-refractivity contribution in [1.29, 1.82) is 0 Å². The van der Waals surface area contributed by atoms with Crippen LogP contribution in [0.2, 0.25) is 0 Å². The largest absolute Gasteiger partial charge is 0.229 e. The lowest BCUT2D eigenvalue weighted by Gasteiger charge is -2.17. The summed E-state index contributed by atoms with van der Waals surface area (Å²) in [6, 6.07) is 0. The van der Waals surface area contributed by atoms with E-state index in [2.05, 4.69) is 0 Å². The van der Waals surface area contributed by atoms with Crippen LogP contribution < -0.4 is 0 Å². The van der Waals surface area contributed by atoms with Gasteiger partial charge < -0.3 is 0 Å². The highest BCUT2D eigenvalue weighted by Crippen LogP contribution is 2.09. The van der Waals surface area contributed by atoms with Gasteiger partial charge in [0.1, 0.15) is 0 Å². The minimum absolute atomic E-state index is 0.0348. The average molecular weight is 241 g/mol. The standard InChI is InChI=1S/C7H15NO4S2/c1-2-14(11,12)8-4-3-6-13(9,10)7-5-8/h2-7H2,1H3. The fourth-order valence-corrected chi connectivity index (χ4v) is 3.91. The Balaban J connectivity index is 2.78. The van der Waals surface area contributed by atoms with Crippen molar-refractivity contribution < 1.29 is 16.8 Å². The summed E-state index contributed by atoms with van der Waals surface area (Å²) in [4.78, 5) is 0. The van der Waals surface area contributed by atoms with E-state index in [1.807, 2.05) is 0 Å². The number of rotatable bonds is 2. The van der Waals surface area contributed by atoms with Crippen molar-refractivity contribution in [3.63, 3.8) is 0 Å². The van der Waals surface area contributed by atoms with Gasteiger partial charge in [0, 0.05) is 13.1 Å². The van der Waals surface area contributed by atoms with Crippen LogP contribution in [0.5, 0.6) is 0 Å². The summed E-state index contributed by atoms with van der Waals surface area (Å²) in [7, 11) is -6.25. The van der Waals surface area contributed by atoms with Crippen LogP contribution in [0.1, 0.15) is 13.3 Å². The van der Waals surface area contributed by atoms with Crippen LogP contribution in [0.4, 0.5) is 0 Å². The molecule has 1 aliphatic heterocycles. The molecule has 0 amide bonds. The van der Waals surface area contributed by atoms with Crippen molar-refractivity contribution in [2.75, 3.05) is 30.3 Å². The highest BCUT2D eigenvalue weighted by atomic mass is 32.2. The summed E-state index contributed by atoms with van der Waals surface area (Å²) in [5.41, 5.74) is 0. The zero-order valence-electron chi connectivity index (χ0n) is 8.14. The molecule has 0 aliphatic carbocycles. The lowest BCUT2D eigenvalue weighted by atomic mass is 10.5. The van der Waals surface area contributed by atoms with Crippen molar-refractivity contribution >= 4 is 19.9 Å². The lowest BCUT2D eigenvalue weighted by Crippen LogP contribution is -2.34. The van der Waals surface area contributed by atoms with Gasteiger partial charge in [0.15, 0.2) is 9.84 Å². The van der Waals surface area contributed by atoms with Crippen molar-refractivity contribution in [2.24, 2.45) is 0 Å². The summed E-state index contributed by atoms with van der Waals surface area (Å²) < 4.78 is 46.6. The molecule has 1 saturated heterocycles. The normalized spacial score (nSPS) is 24.4. The Morgan fingerprint density at radius 2 is 1.86 bits per heavy atom. The molecule has 1 heterocycles. The molecule has 1 fully saturated rings. The number of hydrogen-bond acceptors (Lipinski definition) is 4. The van der Waals surface area contributed by atoms with E-state index in [1.165, 1.54) is 4.31 Å². The monoisotopic (exact) mass is 241 g/mol. The molecule has 0 aromatic heterocycles. The van der Waals surface area contributed by atoms with E-state index in [0.717, 1.165) is 0 Å². The van der Waals surface area contributed by atoms with E-state index in [1.54, 1.807) is 6.92 Å². The maximum atomic E-state index is 11.4. The Morgan fingerprint density at radius 1 is 1.21 bits per heavy atom. The van der Waals surface area contributed by atoms with Crippen molar-refractivity contribution in [3.8, 4) is 0 Å². The Morgan fingerprint density at radius 3 is 2.43 bits per heavy atom. The van der Waals surface area contributed by atoms with Crippen LogP contribution in [0.3, 0.4) is 0 Å². The summed E-state index contributed by atoms with van der Waals surface area (Å²) in [6.45, 7) is 2.00. The lowest BCUT2D eigenvalue weighted by molar-refractivity contribution is 0.435. The fourth-order valence-electron chi connectivity index (χ4n) is 1.38. The predicted molar refractivity (Wildman–Crippen MR) is 54.3 cm³/mol. The van der Waals surface area contributed by atoms with Crippen molar-refractivity contribution in [1.82, 2.24) is 4.31 Å². The van der Waals surface area contributed by atoms with Gasteiger partial charge in [-0.2, -0.15) is 0 Å². The highest BCUT2D eigenvalue weighted by Gasteiger charge is 2.25. The first-order chi connectivity index (χ1) is 6.37. The van der Waals surface area contributed by atoms with Crippen molar-refractivity contribution in [3.05, 3.63) is 0 Å². The van der Waals surface area contributed by atoms with Gasteiger partial charge in [-0.05, 0) is 13.3 Å². The van der Waals surface area contributed by atoms with Gasteiger partial charge >= 0.3 is 0 Å². The summed E-state index contributed by atoms with van der Waals surface area (Å²) in [5, 5.41) is 0. The van der Waals surface area contributed by atoms with Gasteiger partial charge in [0.25, 0.3) is 0 Å². The molecule has 0 aromatic rings. The second kappa shape index (κ2) is 4.16. The molecule has 0 bridgehead atoms. The number of hydrogen-bond donors (Lipinski definition) is 0. The molecule has 0 spiro atoms. The van der Waals surface area contributed by atoms with Crippen LogP contribution in [0.25, 0.3) is 0 Å². The Hall–Kier alpha value is -0.140. The van der Waals surface area contributed by atoms with Gasteiger partial charge in [-0.15, -0.1) is 0 Å². The van der Waals surface area contributed by atoms with Gasteiger partial charge in [-0.3, -0.25) is 0 Å². The second-order valence-electron chi connectivity index (χ2n) is 3.30. The minimum Gasteiger partial charge on any atom is -0.229 e. The SMILES string of the molecule is CCS(=O)(=O)N1CCCS(=O)(=O)CC1. The first-order valence-electron chi connectivity index (χ1n) is 4.55. The topological polar surface area (TPSA) is 71.5 Å². The molecule has 0 atom stereocenters. The Bertz CT molecular complexity index is 384. The smallest absolute Gasteiger partial charge is 0.213 e. The van der Waals surface area contributed by atoms with Gasteiger partial charge in [-0.1, -0.05) is 0 Å². The molecule has 0 unspecified atom stereocenters. The molecule has 0 radical (unpaired) electrons. The molecule has 84 valence electrons.